The Labute approximate surface area is 276 Å². The zero-order valence-electron chi connectivity index (χ0n) is 28.1. The van der Waals surface area contributed by atoms with Gasteiger partial charge in [-0.25, -0.2) is 4.57 Å². The topological polar surface area (TPSA) is 203 Å². The lowest BCUT2D eigenvalue weighted by molar-refractivity contribution is -0.220. The molecule has 0 aromatic carbocycles. The van der Waals surface area contributed by atoms with Crippen molar-refractivity contribution in [2.45, 2.75) is 191 Å². The molecule has 0 amide bonds. The van der Waals surface area contributed by atoms with E-state index in [1.165, 1.54) is 109 Å². The van der Waals surface area contributed by atoms with Crippen LogP contribution in [0.5, 0.6) is 0 Å². The van der Waals surface area contributed by atoms with Crippen molar-refractivity contribution >= 4 is 13.8 Å². The maximum absolute atomic E-state index is 12.2. The fourth-order valence-corrected chi connectivity index (χ4v) is 6.68. The lowest BCUT2D eigenvalue weighted by Gasteiger charge is -2.41. The molecule has 0 radical (unpaired) electrons. The van der Waals surface area contributed by atoms with Crippen molar-refractivity contribution in [3.63, 3.8) is 0 Å². The Morgan fingerprint density at radius 2 is 0.935 bits per heavy atom. The quantitative estimate of drug-likeness (QED) is 0.0322. The van der Waals surface area contributed by atoms with Crippen LogP contribution in [-0.4, -0.2) is 97.4 Å². The van der Waals surface area contributed by atoms with Crippen LogP contribution in [0.25, 0.3) is 0 Å². The Hall–Kier alpha value is -0.660. The van der Waals surface area contributed by atoms with Crippen molar-refractivity contribution in [1.82, 2.24) is 0 Å². The summed E-state index contributed by atoms with van der Waals surface area (Å²) in [5.74, 6) is -0.504. The third-order valence-electron chi connectivity index (χ3n) is 8.68. The van der Waals surface area contributed by atoms with Crippen LogP contribution in [-0.2, 0) is 23.1 Å². The summed E-state index contributed by atoms with van der Waals surface area (Å²) in [4.78, 5) is 21.8. The molecule has 1 aliphatic carbocycles. The Morgan fingerprint density at radius 1 is 0.587 bits per heavy atom. The second kappa shape index (κ2) is 26.2. The van der Waals surface area contributed by atoms with E-state index in [1.807, 2.05) is 0 Å². The van der Waals surface area contributed by atoms with Gasteiger partial charge >= 0.3 is 13.8 Å². The minimum atomic E-state index is -4.99. The summed E-state index contributed by atoms with van der Waals surface area (Å²) in [5, 5.41) is 58.7. The zero-order valence-corrected chi connectivity index (χ0v) is 29.0. The first kappa shape index (κ1) is 43.4. The number of unbranched alkanes of at least 4 members (excludes halogenated alkanes) is 20. The van der Waals surface area contributed by atoms with Crippen molar-refractivity contribution in [3.8, 4) is 0 Å². The van der Waals surface area contributed by atoms with Crippen LogP contribution in [0.1, 0.15) is 148 Å². The minimum Gasteiger partial charge on any atom is -0.463 e. The lowest BCUT2D eigenvalue weighted by Crippen LogP contribution is -2.64. The maximum atomic E-state index is 12.2. The fraction of sp³-hybridized carbons (Fsp3) is 0.970. The predicted octanol–water partition coefficient (Wildman–Crippen LogP) is 4.81. The molecule has 0 aromatic rings. The van der Waals surface area contributed by atoms with Crippen molar-refractivity contribution in [2.75, 3.05) is 13.2 Å². The third kappa shape index (κ3) is 20.0. The SMILES string of the molecule is CCCCCCCCCCCCCCCCCCCCCCCC(=O)OCC(O)COP(=O)(O)OC1C(O)C(O)C(O)C(O)C1O. The van der Waals surface area contributed by atoms with Gasteiger partial charge in [0.2, 0.25) is 0 Å². The second-order valence-electron chi connectivity index (χ2n) is 12.9. The monoisotopic (exact) mass is 684 g/mol. The van der Waals surface area contributed by atoms with Crippen LogP contribution < -0.4 is 0 Å². The molecule has 6 atom stereocenters. The highest BCUT2D eigenvalue weighted by Crippen LogP contribution is 2.47. The van der Waals surface area contributed by atoms with Gasteiger partial charge in [-0.15, -0.1) is 0 Å². The number of hydrogen-bond donors (Lipinski definition) is 7. The molecule has 12 nitrogen and oxygen atoms in total. The lowest BCUT2D eigenvalue weighted by atomic mass is 9.85. The molecule has 0 spiro atoms. The molecule has 0 bridgehead atoms. The van der Waals surface area contributed by atoms with E-state index in [-0.39, 0.29) is 6.42 Å². The van der Waals surface area contributed by atoms with Crippen molar-refractivity contribution in [3.05, 3.63) is 0 Å². The first-order valence-corrected chi connectivity index (χ1v) is 19.4. The van der Waals surface area contributed by atoms with Crippen molar-refractivity contribution in [1.29, 1.82) is 0 Å². The standard InChI is InChI=1S/C33H65O12P/c1-2-3-4-5-6-7-8-9-10-11-12-13-14-15-16-17-18-19-20-21-22-23-27(35)43-24-26(34)25-44-46(41,42)45-33-31(39)29(37)28(36)30(38)32(33)40/h26,28-34,36-40H,2-25H2,1H3,(H,41,42). The highest BCUT2D eigenvalue weighted by atomic mass is 31.2. The van der Waals surface area contributed by atoms with Gasteiger partial charge in [0.25, 0.3) is 0 Å². The third-order valence-corrected chi connectivity index (χ3v) is 9.66. The number of phosphoric acid groups is 1. The molecule has 1 saturated carbocycles. The van der Waals surface area contributed by atoms with Crippen LogP contribution in [0.3, 0.4) is 0 Å². The van der Waals surface area contributed by atoms with E-state index in [4.69, 9.17) is 4.74 Å². The molecular weight excluding hydrogens is 619 g/mol. The van der Waals surface area contributed by atoms with Gasteiger partial charge in [0, 0.05) is 6.42 Å². The Balaban J connectivity index is 1.94. The van der Waals surface area contributed by atoms with Gasteiger partial charge in [-0.1, -0.05) is 135 Å². The summed E-state index contributed by atoms with van der Waals surface area (Å²) in [7, 11) is -4.99. The van der Waals surface area contributed by atoms with Crippen LogP contribution >= 0.6 is 7.82 Å². The second-order valence-corrected chi connectivity index (χ2v) is 14.4. The van der Waals surface area contributed by atoms with Gasteiger partial charge < -0.3 is 40.3 Å². The summed E-state index contributed by atoms with van der Waals surface area (Å²) in [6, 6.07) is 0. The average molecular weight is 685 g/mol. The number of phosphoric ester groups is 1. The normalized spacial score (nSPS) is 25.3. The Bertz CT molecular complexity index is 787. The van der Waals surface area contributed by atoms with Gasteiger partial charge in [0.05, 0.1) is 6.61 Å². The van der Waals surface area contributed by atoms with Crippen LogP contribution in [0, 0.1) is 0 Å². The van der Waals surface area contributed by atoms with Crippen LogP contribution in [0.4, 0.5) is 0 Å². The van der Waals surface area contributed by atoms with Gasteiger partial charge in [0.1, 0.15) is 49.3 Å². The molecule has 6 unspecified atom stereocenters. The van der Waals surface area contributed by atoms with E-state index in [2.05, 4.69) is 16.0 Å². The molecule has 7 N–H and O–H groups in total. The number of carbonyl (C=O) groups is 1. The summed E-state index contributed by atoms with van der Waals surface area (Å²) in [6.45, 7) is 1.02. The summed E-state index contributed by atoms with van der Waals surface area (Å²) in [5.41, 5.74) is 0. The van der Waals surface area contributed by atoms with Gasteiger partial charge in [-0.2, -0.15) is 0 Å². The summed E-state index contributed by atoms with van der Waals surface area (Å²) in [6.07, 6.45) is 13.8. The molecule has 1 rings (SSSR count). The molecule has 274 valence electrons. The molecule has 0 heterocycles. The Morgan fingerprint density at radius 3 is 1.33 bits per heavy atom. The molecular formula is C33H65O12P. The maximum Gasteiger partial charge on any atom is 0.472 e. The van der Waals surface area contributed by atoms with Gasteiger partial charge in [-0.3, -0.25) is 13.8 Å². The summed E-state index contributed by atoms with van der Waals surface area (Å²) >= 11 is 0. The van der Waals surface area contributed by atoms with Crippen LogP contribution in [0.2, 0.25) is 0 Å². The average Bonchev–Trinajstić information content (AvgIpc) is 3.03. The molecule has 46 heavy (non-hydrogen) atoms. The molecule has 1 aliphatic rings. The van der Waals surface area contributed by atoms with E-state index in [0.717, 1.165) is 19.3 Å². The van der Waals surface area contributed by atoms with E-state index in [0.29, 0.717) is 6.42 Å². The van der Waals surface area contributed by atoms with Crippen LogP contribution in [0.15, 0.2) is 0 Å². The molecule has 0 aliphatic heterocycles. The van der Waals surface area contributed by atoms with Crippen molar-refractivity contribution in [2.24, 2.45) is 0 Å². The van der Waals surface area contributed by atoms with E-state index >= 15 is 0 Å². The number of aliphatic hydroxyl groups excluding tert-OH is 6. The highest BCUT2D eigenvalue weighted by molar-refractivity contribution is 7.47. The molecule has 0 aromatic heterocycles. The number of rotatable bonds is 29. The molecule has 1 fully saturated rings. The number of aliphatic hydroxyl groups is 6. The molecule has 0 saturated heterocycles. The van der Waals surface area contributed by atoms with E-state index in [1.54, 1.807) is 0 Å². The number of carbonyl (C=O) groups excluding carboxylic acids is 1. The van der Waals surface area contributed by atoms with Gasteiger partial charge in [0.15, 0.2) is 0 Å². The molecule has 13 heteroatoms. The number of esters is 1. The van der Waals surface area contributed by atoms with E-state index < -0.39 is 69.7 Å². The minimum absolute atomic E-state index is 0.197. The zero-order chi connectivity index (χ0) is 34.2. The first-order valence-electron chi connectivity index (χ1n) is 17.9. The van der Waals surface area contributed by atoms with Gasteiger partial charge in [-0.05, 0) is 6.42 Å². The predicted molar refractivity (Wildman–Crippen MR) is 175 cm³/mol. The Kier molecular flexibility index (Phi) is 24.7. The summed E-state index contributed by atoms with van der Waals surface area (Å²) < 4.78 is 26.4. The fourth-order valence-electron chi connectivity index (χ4n) is 5.70. The highest BCUT2D eigenvalue weighted by Gasteiger charge is 2.51. The number of hydrogen-bond acceptors (Lipinski definition) is 11. The first-order chi connectivity index (χ1) is 22.0. The van der Waals surface area contributed by atoms with E-state index in [9.17, 15) is 44.9 Å². The smallest absolute Gasteiger partial charge is 0.463 e. The van der Waals surface area contributed by atoms with Crippen molar-refractivity contribution < 1.29 is 58.7 Å². The number of ether oxygens (including phenoxy) is 1. The largest absolute Gasteiger partial charge is 0.472 e.